The predicted octanol–water partition coefficient (Wildman–Crippen LogP) is 4.88. The number of carbonyl (C=O) groups is 1. The lowest BCUT2D eigenvalue weighted by atomic mass is 10.1. The summed E-state index contributed by atoms with van der Waals surface area (Å²) in [5.74, 6) is -0.498. The van der Waals surface area contributed by atoms with E-state index < -0.39 is 24.1 Å². The molecule has 27 heavy (non-hydrogen) atoms. The molecule has 0 saturated carbocycles. The molecule has 2 aromatic carbocycles. The first-order chi connectivity index (χ1) is 12.9. The smallest absolute Gasteiger partial charge is 0.279 e. The number of allylic oxidation sites excluding steroid dienone is 2. The van der Waals surface area contributed by atoms with Crippen LogP contribution in [0.1, 0.15) is 24.2 Å². The quantitative estimate of drug-likeness (QED) is 0.372. The largest absolute Gasteiger partial charge is 0.369 e. The van der Waals surface area contributed by atoms with Crippen LogP contribution in [0.25, 0.3) is 0 Å². The molecule has 0 aliphatic heterocycles. The zero-order valence-corrected chi connectivity index (χ0v) is 14.6. The summed E-state index contributed by atoms with van der Waals surface area (Å²) in [5, 5.41) is 9.83. The Morgan fingerprint density at radius 1 is 1.22 bits per heavy atom. The number of rotatable bonds is 9. The Balaban J connectivity index is 2.20. The van der Waals surface area contributed by atoms with Gasteiger partial charge < -0.3 is 10.1 Å². The van der Waals surface area contributed by atoms with E-state index in [-0.39, 0.29) is 5.70 Å². The standard InChI is InChI=1S/C20H19F3N2O2/c1-13(27-12-14-5-3-2-4-6-14)17-9-15(21)7-8-19(17)25-16(11-26)10-18(24)20(22)23/h2-11,13,20,24-25H,12H2,1H3/b16-10-,24-18?/t13-/m1/s1. The zero-order chi connectivity index (χ0) is 19.8. The van der Waals surface area contributed by atoms with Crippen LogP contribution in [0.4, 0.5) is 18.9 Å². The second kappa shape index (κ2) is 9.68. The van der Waals surface area contributed by atoms with Crippen LogP contribution in [-0.4, -0.2) is 18.4 Å². The molecular formula is C20H19F3N2O2. The molecule has 0 spiro atoms. The van der Waals surface area contributed by atoms with E-state index in [1.54, 1.807) is 6.92 Å². The van der Waals surface area contributed by atoms with E-state index >= 15 is 0 Å². The topological polar surface area (TPSA) is 62.2 Å². The van der Waals surface area contributed by atoms with Crippen molar-refractivity contribution in [1.29, 1.82) is 5.41 Å². The highest BCUT2D eigenvalue weighted by Gasteiger charge is 2.15. The molecule has 0 amide bonds. The maximum atomic E-state index is 13.7. The van der Waals surface area contributed by atoms with Crippen molar-refractivity contribution >= 4 is 17.7 Å². The van der Waals surface area contributed by atoms with Crippen molar-refractivity contribution < 1.29 is 22.7 Å². The number of hydrogen-bond donors (Lipinski definition) is 2. The van der Waals surface area contributed by atoms with Gasteiger partial charge in [-0.1, -0.05) is 30.3 Å². The number of hydrogen-bond acceptors (Lipinski definition) is 4. The van der Waals surface area contributed by atoms with Gasteiger partial charge in [0.15, 0.2) is 6.29 Å². The summed E-state index contributed by atoms with van der Waals surface area (Å²) in [5.41, 5.74) is 0.457. The number of halogens is 3. The molecule has 0 fully saturated rings. The Hall–Kier alpha value is -2.93. The van der Waals surface area contributed by atoms with E-state index in [1.807, 2.05) is 30.3 Å². The second-order valence-corrected chi connectivity index (χ2v) is 5.77. The van der Waals surface area contributed by atoms with E-state index in [0.717, 1.165) is 11.6 Å². The summed E-state index contributed by atoms with van der Waals surface area (Å²) in [6, 6.07) is 13.2. The Labute approximate surface area is 155 Å². The highest BCUT2D eigenvalue weighted by Crippen LogP contribution is 2.28. The van der Waals surface area contributed by atoms with E-state index in [2.05, 4.69) is 5.32 Å². The van der Waals surface area contributed by atoms with Gasteiger partial charge in [-0.15, -0.1) is 0 Å². The van der Waals surface area contributed by atoms with Gasteiger partial charge in [-0.05, 0) is 36.8 Å². The average Bonchev–Trinajstić information content (AvgIpc) is 2.67. The third kappa shape index (κ3) is 6.07. The Morgan fingerprint density at radius 2 is 1.93 bits per heavy atom. The summed E-state index contributed by atoms with van der Waals surface area (Å²) in [6.07, 6.45) is -2.48. The fourth-order valence-corrected chi connectivity index (χ4v) is 2.35. The maximum absolute atomic E-state index is 13.7. The Kier molecular flexibility index (Phi) is 7.31. The third-order valence-corrected chi connectivity index (χ3v) is 3.75. The fraction of sp³-hybridized carbons (Fsp3) is 0.200. The van der Waals surface area contributed by atoms with Crippen molar-refractivity contribution in [3.05, 3.63) is 77.2 Å². The van der Waals surface area contributed by atoms with Crippen LogP contribution in [-0.2, 0) is 16.1 Å². The van der Waals surface area contributed by atoms with Gasteiger partial charge in [-0.3, -0.25) is 10.2 Å². The molecule has 2 rings (SSSR count). The number of ether oxygens (including phenoxy) is 1. The molecule has 142 valence electrons. The highest BCUT2D eigenvalue weighted by molar-refractivity contribution is 6.00. The molecule has 0 unspecified atom stereocenters. The van der Waals surface area contributed by atoms with Gasteiger partial charge in [0.1, 0.15) is 5.82 Å². The van der Waals surface area contributed by atoms with Crippen LogP contribution in [0, 0.1) is 11.2 Å². The normalized spacial score (nSPS) is 12.7. The summed E-state index contributed by atoms with van der Waals surface area (Å²) in [4.78, 5) is 11.1. The van der Waals surface area contributed by atoms with Crippen molar-refractivity contribution in [1.82, 2.24) is 0 Å². The number of aldehydes is 1. The maximum Gasteiger partial charge on any atom is 0.279 e. The van der Waals surface area contributed by atoms with Gasteiger partial charge in [0.25, 0.3) is 6.43 Å². The van der Waals surface area contributed by atoms with E-state index in [9.17, 15) is 18.0 Å². The van der Waals surface area contributed by atoms with Gasteiger partial charge in [0.2, 0.25) is 0 Å². The summed E-state index contributed by atoms with van der Waals surface area (Å²) in [6.45, 7) is 2.01. The van der Waals surface area contributed by atoms with E-state index in [1.165, 1.54) is 18.2 Å². The molecule has 0 aliphatic rings. The van der Waals surface area contributed by atoms with Gasteiger partial charge in [-0.25, -0.2) is 13.2 Å². The van der Waals surface area contributed by atoms with Crippen molar-refractivity contribution in [3.8, 4) is 0 Å². The molecule has 0 aliphatic carbocycles. The minimum atomic E-state index is -3.00. The van der Waals surface area contributed by atoms with Crippen molar-refractivity contribution in [2.45, 2.75) is 26.1 Å². The molecule has 0 saturated heterocycles. The van der Waals surface area contributed by atoms with Crippen LogP contribution < -0.4 is 5.32 Å². The number of alkyl halides is 2. The molecule has 4 nitrogen and oxygen atoms in total. The monoisotopic (exact) mass is 376 g/mol. The summed E-state index contributed by atoms with van der Waals surface area (Å²) in [7, 11) is 0. The van der Waals surface area contributed by atoms with Gasteiger partial charge in [0.05, 0.1) is 24.1 Å². The van der Waals surface area contributed by atoms with E-state index in [4.69, 9.17) is 10.1 Å². The summed E-state index contributed by atoms with van der Waals surface area (Å²) < 4.78 is 44.5. The molecule has 1 atom stereocenters. The van der Waals surface area contributed by atoms with Crippen molar-refractivity contribution in [3.63, 3.8) is 0 Å². The van der Waals surface area contributed by atoms with Gasteiger partial charge in [0, 0.05) is 11.3 Å². The van der Waals surface area contributed by atoms with Crippen molar-refractivity contribution in [2.24, 2.45) is 0 Å². The molecule has 7 heteroatoms. The first-order valence-electron chi connectivity index (χ1n) is 8.16. The number of nitrogens with one attached hydrogen (secondary N) is 2. The fourth-order valence-electron chi connectivity index (χ4n) is 2.35. The lowest BCUT2D eigenvalue weighted by molar-refractivity contribution is -0.104. The second-order valence-electron chi connectivity index (χ2n) is 5.77. The van der Waals surface area contributed by atoms with Crippen LogP contribution >= 0.6 is 0 Å². The highest BCUT2D eigenvalue weighted by atomic mass is 19.3. The first-order valence-corrected chi connectivity index (χ1v) is 8.16. The minimum Gasteiger partial charge on any atom is -0.369 e. The minimum absolute atomic E-state index is 0.233. The molecule has 0 heterocycles. The molecular weight excluding hydrogens is 357 g/mol. The number of benzene rings is 2. The Morgan fingerprint density at radius 3 is 2.56 bits per heavy atom. The van der Waals surface area contributed by atoms with Crippen molar-refractivity contribution in [2.75, 3.05) is 5.32 Å². The third-order valence-electron chi connectivity index (χ3n) is 3.75. The first kappa shape index (κ1) is 20.4. The van der Waals surface area contributed by atoms with Crippen LogP contribution in [0.2, 0.25) is 0 Å². The lowest BCUT2D eigenvalue weighted by Crippen LogP contribution is -2.12. The predicted molar refractivity (Wildman–Crippen MR) is 97.5 cm³/mol. The molecule has 2 N–H and O–H groups in total. The lowest BCUT2D eigenvalue weighted by Gasteiger charge is -2.19. The molecule has 0 aromatic heterocycles. The molecule has 0 radical (unpaired) electrons. The molecule has 0 bridgehead atoms. The van der Waals surface area contributed by atoms with E-state index in [0.29, 0.717) is 24.1 Å². The van der Waals surface area contributed by atoms with Crippen LogP contribution in [0.3, 0.4) is 0 Å². The molecule has 2 aromatic rings. The summed E-state index contributed by atoms with van der Waals surface area (Å²) >= 11 is 0. The number of carbonyl (C=O) groups excluding carboxylic acids is 1. The Bertz CT molecular complexity index is 823. The van der Waals surface area contributed by atoms with Crippen LogP contribution in [0.5, 0.6) is 0 Å². The number of anilines is 1. The average molecular weight is 376 g/mol. The van der Waals surface area contributed by atoms with Gasteiger partial charge in [-0.2, -0.15) is 0 Å². The van der Waals surface area contributed by atoms with Gasteiger partial charge >= 0.3 is 0 Å². The zero-order valence-electron chi connectivity index (χ0n) is 14.6. The SMILES string of the molecule is C[C@@H](OCc1ccccc1)c1cc(F)ccc1N/C(C=O)=C\C(=N)C(F)F. The van der Waals surface area contributed by atoms with Crippen LogP contribution in [0.15, 0.2) is 60.3 Å².